The fraction of sp³-hybridized carbons (Fsp3) is 0.571. The summed E-state index contributed by atoms with van der Waals surface area (Å²) in [4.78, 5) is 0. The molecule has 0 fully saturated rings. The van der Waals surface area contributed by atoms with Crippen molar-refractivity contribution in [3.8, 4) is 0 Å². The lowest BCUT2D eigenvalue weighted by Gasteiger charge is -2.43. The molecule has 144 valence electrons. The van der Waals surface area contributed by atoms with Crippen LogP contribution in [0.1, 0.15) is 59.6 Å². The van der Waals surface area contributed by atoms with Crippen LogP contribution in [0, 0.1) is 0 Å². The van der Waals surface area contributed by atoms with Crippen molar-refractivity contribution in [2.24, 2.45) is 5.16 Å². The van der Waals surface area contributed by atoms with Gasteiger partial charge in [0.05, 0.1) is 11.8 Å². The lowest BCUT2D eigenvalue weighted by molar-refractivity contribution is 0.215. The highest BCUT2D eigenvalue weighted by molar-refractivity contribution is 6.77. The average Bonchev–Trinajstić information content (AvgIpc) is 3.01. The van der Waals surface area contributed by atoms with E-state index in [-0.39, 0.29) is 6.10 Å². The Balaban J connectivity index is 2.32. The lowest BCUT2D eigenvalue weighted by atomic mass is 10.0. The van der Waals surface area contributed by atoms with Crippen LogP contribution in [0.2, 0.25) is 16.6 Å². The van der Waals surface area contributed by atoms with Gasteiger partial charge in [0.25, 0.3) is 0 Å². The molecule has 0 saturated carbocycles. The number of rotatable bonds is 7. The highest BCUT2D eigenvalue weighted by atomic mass is 28.4. The Kier molecular flexibility index (Phi) is 6.83. The third-order valence-corrected chi connectivity index (χ3v) is 11.8. The topological polar surface area (TPSA) is 62.0 Å². The zero-order valence-electron chi connectivity index (χ0n) is 16.8. The van der Waals surface area contributed by atoms with Gasteiger partial charge in [0, 0.05) is 12.0 Å². The number of nitrogens with zero attached hydrogens (tertiary/aromatic N) is 1. The summed E-state index contributed by atoms with van der Waals surface area (Å²) in [6, 6.07) is 9.46. The molecule has 2 unspecified atom stereocenters. The Bertz CT molecular complexity index is 631. The summed E-state index contributed by atoms with van der Waals surface area (Å²) < 4.78 is 6.79. The van der Waals surface area contributed by atoms with Crippen LogP contribution in [0.15, 0.2) is 47.1 Å². The van der Waals surface area contributed by atoms with Crippen LogP contribution in [0.25, 0.3) is 0 Å². The highest BCUT2D eigenvalue weighted by Gasteiger charge is 2.47. The van der Waals surface area contributed by atoms with Crippen LogP contribution in [0.3, 0.4) is 0 Å². The second-order valence-electron chi connectivity index (χ2n) is 8.16. The van der Waals surface area contributed by atoms with Gasteiger partial charge in [-0.05, 0) is 28.3 Å². The lowest BCUT2D eigenvalue weighted by Crippen LogP contribution is -2.49. The van der Waals surface area contributed by atoms with Gasteiger partial charge in [0.15, 0.2) is 0 Å². The van der Waals surface area contributed by atoms with E-state index in [1.165, 1.54) is 0 Å². The Morgan fingerprint density at radius 2 is 1.54 bits per heavy atom. The highest BCUT2D eigenvalue weighted by Crippen LogP contribution is 2.44. The van der Waals surface area contributed by atoms with Crippen molar-refractivity contribution in [2.75, 3.05) is 0 Å². The van der Waals surface area contributed by atoms with Crippen molar-refractivity contribution in [3.05, 3.63) is 47.5 Å². The minimum atomic E-state index is -2.04. The first-order valence-corrected chi connectivity index (χ1v) is 11.7. The second-order valence-corrected chi connectivity index (χ2v) is 13.6. The maximum absolute atomic E-state index is 10.8. The van der Waals surface area contributed by atoms with Gasteiger partial charge in [-0.15, -0.1) is 0 Å². The monoisotopic (exact) mass is 375 g/mol. The number of hydrogen-bond donors (Lipinski definition) is 2. The van der Waals surface area contributed by atoms with E-state index in [4.69, 9.17) is 4.43 Å². The fourth-order valence-electron chi connectivity index (χ4n) is 4.57. The SMILES string of the molecule is CC(C)[Si](OC1C=C(C(O)c2ccccc2)/C(=N/O)C1)(C(C)C)C(C)C. The maximum atomic E-state index is 10.8. The van der Waals surface area contributed by atoms with Crippen molar-refractivity contribution in [1.82, 2.24) is 0 Å². The zero-order chi connectivity index (χ0) is 19.5. The Labute approximate surface area is 158 Å². The van der Waals surface area contributed by atoms with E-state index in [1.54, 1.807) is 0 Å². The molecule has 0 heterocycles. The molecule has 0 spiro atoms. The zero-order valence-corrected chi connectivity index (χ0v) is 17.8. The first-order valence-electron chi connectivity index (χ1n) is 9.57. The van der Waals surface area contributed by atoms with Crippen LogP contribution in [-0.2, 0) is 4.43 Å². The molecule has 1 aromatic rings. The van der Waals surface area contributed by atoms with E-state index in [0.717, 1.165) is 5.56 Å². The van der Waals surface area contributed by atoms with Crippen LogP contribution in [0.4, 0.5) is 0 Å². The Morgan fingerprint density at radius 3 is 2.00 bits per heavy atom. The minimum absolute atomic E-state index is 0.145. The summed E-state index contributed by atoms with van der Waals surface area (Å²) in [5.41, 5.74) is 3.41. The Hall–Kier alpha value is -1.43. The van der Waals surface area contributed by atoms with E-state index in [1.807, 2.05) is 36.4 Å². The molecular weight excluding hydrogens is 342 g/mol. The van der Waals surface area contributed by atoms with Crippen LogP contribution >= 0.6 is 0 Å². The smallest absolute Gasteiger partial charge is 0.201 e. The summed E-state index contributed by atoms with van der Waals surface area (Å²) in [6.07, 6.45) is 1.52. The molecule has 26 heavy (non-hydrogen) atoms. The Morgan fingerprint density at radius 1 is 1.00 bits per heavy atom. The van der Waals surface area contributed by atoms with Crippen molar-refractivity contribution < 1.29 is 14.7 Å². The standard InChI is InChI=1S/C21H33NO3Si/c1-14(2)26(15(3)4,16(5)6)25-18-12-19(20(13-18)22-24)21(23)17-10-8-7-9-11-17/h7-12,14-16,18,21,23-24H,13H2,1-6H3/b22-20+. The van der Waals surface area contributed by atoms with Gasteiger partial charge >= 0.3 is 0 Å². The van der Waals surface area contributed by atoms with Gasteiger partial charge in [-0.3, -0.25) is 0 Å². The minimum Gasteiger partial charge on any atom is -0.411 e. The largest absolute Gasteiger partial charge is 0.411 e. The normalized spacial score (nSPS) is 21.1. The molecule has 1 aromatic carbocycles. The van der Waals surface area contributed by atoms with E-state index in [0.29, 0.717) is 34.3 Å². The molecule has 0 aliphatic heterocycles. The van der Waals surface area contributed by atoms with Gasteiger partial charge in [0.2, 0.25) is 8.32 Å². The van der Waals surface area contributed by atoms with Crippen molar-refractivity contribution in [2.45, 2.75) is 76.8 Å². The summed E-state index contributed by atoms with van der Waals surface area (Å²) in [5, 5.41) is 23.7. The van der Waals surface area contributed by atoms with Crippen LogP contribution in [0.5, 0.6) is 0 Å². The third-order valence-electron chi connectivity index (χ3n) is 5.69. The quantitative estimate of drug-likeness (QED) is 0.379. The molecule has 0 aromatic heterocycles. The number of oxime groups is 1. The first kappa shape index (κ1) is 20.9. The first-order chi connectivity index (χ1) is 12.2. The van der Waals surface area contributed by atoms with E-state index >= 15 is 0 Å². The third kappa shape index (κ3) is 3.95. The summed E-state index contributed by atoms with van der Waals surface area (Å²) in [7, 11) is -2.04. The van der Waals surface area contributed by atoms with E-state index in [9.17, 15) is 10.3 Å². The molecule has 1 aliphatic carbocycles. The molecule has 0 bridgehead atoms. The molecule has 0 amide bonds. The number of aliphatic hydroxyl groups is 1. The predicted octanol–water partition coefficient (Wildman–Crippen LogP) is 5.44. The summed E-state index contributed by atoms with van der Waals surface area (Å²) in [5.74, 6) is 0. The molecular formula is C21H33NO3Si. The second kappa shape index (κ2) is 8.50. The average molecular weight is 376 g/mol. The van der Waals surface area contributed by atoms with Crippen molar-refractivity contribution in [1.29, 1.82) is 0 Å². The van der Waals surface area contributed by atoms with Crippen LogP contribution < -0.4 is 0 Å². The van der Waals surface area contributed by atoms with Crippen molar-refractivity contribution in [3.63, 3.8) is 0 Å². The molecule has 5 heteroatoms. The van der Waals surface area contributed by atoms with Gasteiger partial charge in [-0.2, -0.15) is 0 Å². The molecule has 0 saturated heterocycles. The van der Waals surface area contributed by atoms with Crippen LogP contribution in [-0.4, -0.2) is 30.4 Å². The number of hydrogen-bond acceptors (Lipinski definition) is 4. The molecule has 1 aliphatic rings. The summed E-state index contributed by atoms with van der Waals surface area (Å²) >= 11 is 0. The van der Waals surface area contributed by atoms with Gasteiger partial charge < -0.3 is 14.7 Å². The molecule has 2 N–H and O–H groups in total. The molecule has 4 nitrogen and oxygen atoms in total. The van der Waals surface area contributed by atoms with E-state index < -0.39 is 14.4 Å². The molecule has 0 radical (unpaired) electrons. The predicted molar refractivity (Wildman–Crippen MR) is 109 cm³/mol. The van der Waals surface area contributed by atoms with E-state index in [2.05, 4.69) is 46.7 Å². The number of aliphatic hydroxyl groups excluding tert-OH is 1. The van der Waals surface area contributed by atoms with Crippen molar-refractivity contribution >= 4 is 14.0 Å². The van der Waals surface area contributed by atoms with Gasteiger partial charge in [-0.25, -0.2) is 0 Å². The molecule has 2 rings (SSSR count). The molecule has 2 atom stereocenters. The van der Waals surface area contributed by atoms with Gasteiger partial charge in [-0.1, -0.05) is 77.0 Å². The number of benzene rings is 1. The maximum Gasteiger partial charge on any atom is 0.201 e. The van der Waals surface area contributed by atoms with Gasteiger partial charge in [0.1, 0.15) is 6.10 Å². The summed E-state index contributed by atoms with van der Waals surface area (Å²) in [6.45, 7) is 13.5. The fourth-order valence-corrected chi connectivity index (χ4v) is 10.1.